The molecule has 1 N–H and O–H groups in total. The van der Waals surface area contributed by atoms with Gasteiger partial charge in [-0.3, -0.25) is 4.90 Å². The van der Waals surface area contributed by atoms with Crippen molar-refractivity contribution in [3.8, 4) is 5.88 Å². The molecule has 2 rings (SSSR count). The molecule has 1 saturated heterocycles. The highest BCUT2D eigenvalue weighted by molar-refractivity contribution is 5.25. The van der Waals surface area contributed by atoms with Crippen molar-refractivity contribution in [1.82, 2.24) is 15.2 Å². The Bertz CT molecular complexity index is 418. The van der Waals surface area contributed by atoms with Gasteiger partial charge < -0.3 is 10.1 Å². The minimum Gasteiger partial charge on any atom is -0.481 e. The van der Waals surface area contributed by atoms with E-state index in [0.717, 1.165) is 32.1 Å². The molecule has 0 unspecified atom stereocenters. The molecule has 4 heteroatoms. The Morgan fingerprint density at radius 3 is 2.90 bits per heavy atom. The van der Waals surface area contributed by atoms with Crippen LogP contribution in [0.25, 0.3) is 0 Å². The summed E-state index contributed by atoms with van der Waals surface area (Å²) in [5.74, 6) is 0.753. The Kier molecular flexibility index (Phi) is 5.38. The third kappa shape index (κ3) is 3.49. The SMILES string of the molecule is CCC1(CC)CN(Cc2cccnc2OC)CCCN1. The average Bonchev–Trinajstić information content (AvgIpc) is 2.71. The summed E-state index contributed by atoms with van der Waals surface area (Å²) < 4.78 is 5.37. The topological polar surface area (TPSA) is 37.4 Å². The molecule has 112 valence electrons. The third-order valence-corrected chi connectivity index (χ3v) is 4.47. The van der Waals surface area contributed by atoms with Gasteiger partial charge in [0.25, 0.3) is 0 Å². The first-order valence-electron chi connectivity index (χ1n) is 7.68. The molecule has 2 heterocycles. The molecule has 0 aromatic carbocycles. The molecule has 0 spiro atoms. The Morgan fingerprint density at radius 1 is 1.40 bits per heavy atom. The molecule has 0 saturated carbocycles. The predicted molar refractivity (Wildman–Crippen MR) is 82.0 cm³/mol. The van der Waals surface area contributed by atoms with Crippen molar-refractivity contribution < 1.29 is 4.74 Å². The van der Waals surface area contributed by atoms with Crippen LogP contribution in [0.4, 0.5) is 0 Å². The fourth-order valence-electron chi connectivity index (χ4n) is 3.05. The van der Waals surface area contributed by atoms with E-state index in [1.165, 1.54) is 24.8 Å². The zero-order chi connectivity index (χ0) is 14.4. The normalized spacial score (nSPS) is 19.6. The van der Waals surface area contributed by atoms with E-state index in [1.807, 2.05) is 6.07 Å². The van der Waals surface area contributed by atoms with Gasteiger partial charge in [0.05, 0.1) is 7.11 Å². The van der Waals surface area contributed by atoms with Crippen molar-refractivity contribution in [2.75, 3.05) is 26.7 Å². The fraction of sp³-hybridized carbons (Fsp3) is 0.688. The Labute approximate surface area is 122 Å². The zero-order valence-electron chi connectivity index (χ0n) is 13.0. The quantitative estimate of drug-likeness (QED) is 0.897. The van der Waals surface area contributed by atoms with E-state index in [2.05, 4.69) is 35.1 Å². The first-order valence-corrected chi connectivity index (χ1v) is 7.68. The Balaban J connectivity index is 2.11. The number of methoxy groups -OCH3 is 1. The van der Waals surface area contributed by atoms with E-state index in [9.17, 15) is 0 Å². The van der Waals surface area contributed by atoms with Gasteiger partial charge in [0.2, 0.25) is 5.88 Å². The lowest BCUT2D eigenvalue weighted by Crippen LogP contribution is -2.50. The number of aromatic nitrogens is 1. The number of nitrogens with one attached hydrogen (secondary N) is 1. The maximum absolute atomic E-state index is 5.37. The Hall–Kier alpha value is -1.13. The van der Waals surface area contributed by atoms with Crippen LogP contribution in [-0.2, 0) is 6.54 Å². The lowest BCUT2D eigenvalue weighted by atomic mass is 9.92. The molecular formula is C16H27N3O. The minimum atomic E-state index is 0.256. The van der Waals surface area contributed by atoms with Crippen LogP contribution in [0.15, 0.2) is 18.3 Å². The van der Waals surface area contributed by atoms with Crippen LogP contribution in [-0.4, -0.2) is 42.2 Å². The third-order valence-electron chi connectivity index (χ3n) is 4.47. The van der Waals surface area contributed by atoms with Crippen LogP contribution in [0.1, 0.15) is 38.7 Å². The standard InChI is InChI=1S/C16H27N3O/c1-4-16(5-2)13-19(11-7-10-18-16)12-14-8-6-9-17-15(14)20-3/h6,8-9,18H,4-5,7,10-13H2,1-3H3. The molecule has 20 heavy (non-hydrogen) atoms. The number of nitrogens with zero attached hydrogens (tertiary/aromatic N) is 2. The van der Waals surface area contributed by atoms with Gasteiger partial charge >= 0.3 is 0 Å². The molecule has 0 aliphatic carbocycles. The Morgan fingerprint density at radius 2 is 2.20 bits per heavy atom. The van der Waals surface area contributed by atoms with Gasteiger partial charge in [-0.2, -0.15) is 0 Å². The summed E-state index contributed by atoms with van der Waals surface area (Å²) in [6.45, 7) is 8.82. The van der Waals surface area contributed by atoms with Gasteiger partial charge in [-0.1, -0.05) is 19.9 Å². The highest BCUT2D eigenvalue weighted by Crippen LogP contribution is 2.23. The van der Waals surface area contributed by atoms with Gasteiger partial charge in [0, 0.05) is 30.4 Å². The second-order valence-electron chi connectivity index (χ2n) is 5.65. The van der Waals surface area contributed by atoms with Crippen molar-refractivity contribution >= 4 is 0 Å². The van der Waals surface area contributed by atoms with Crippen molar-refractivity contribution in [2.45, 2.75) is 45.2 Å². The molecule has 1 aliphatic heterocycles. The van der Waals surface area contributed by atoms with Gasteiger partial charge in [-0.25, -0.2) is 4.98 Å². The minimum absolute atomic E-state index is 0.256. The van der Waals surface area contributed by atoms with Gasteiger partial charge in [-0.05, 0) is 38.4 Å². The summed E-state index contributed by atoms with van der Waals surface area (Å²) in [7, 11) is 1.69. The van der Waals surface area contributed by atoms with Gasteiger partial charge in [0.15, 0.2) is 0 Å². The van der Waals surface area contributed by atoms with Crippen LogP contribution < -0.4 is 10.1 Å². The lowest BCUT2D eigenvalue weighted by molar-refractivity contribution is 0.189. The van der Waals surface area contributed by atoms with Gasteiger partial charge in [0.1, 0.15) is 0 Å². The van der Waals surface area contributed by atoms with Crippen molar-refractivity contribution in [3.05, 3.63) is 23.9 Å². The van der Waals surface area contributed by atoms with E-state index < -0.39 is 0 Å². The number of hydrogen-bond donors (Lipinski definition) is 1. The molecule has 1 aromatic heterocycles. The van der Waals surface area contributed by atoms with E-state index in [1.54, 1.807) is 13.3 Å². The number of rotatable bonds is 5. The van der Waals surface area contributed by atoms with Gasteiger partial charge in [-0.15, -0.1) is 0 Å². The monoisotopic (exact) mass is 277 g/mol. The molecule has 0 bridgehead atoms. The average molecular weight is 277 g/mol. The van der Waals surface area contributed by atoms with Crippen molar-refractivity contribution in [1.29, 1.82) is 0 Å². The number of pyridine rings is 1. The smallest absolute Gasteiger partial charge is 0.217 e. The molecular weight excluding hydrogens is 250 g/mol. The number of ether oxygens (including phenoxy) is 1. The maximum atomic E-state index is 5.37. The summed E-state index contributed by atoms with van der Waals surface area (Å²) in [6, 6.07) is 4.10. The second kappa shape index (κ2) is 7.04. The summed E-state index contributed by atoms with van der Waals surface area (Å²) in [5, 5.41) is 3.75. The second-order valence-corrected chi connectivity index (χ2v) is 5.65. The molecule has 4 nitrogen and oxygen atoms in total. The molecule has 1 aliphatic rings. The van der Waals surface area contributed by atoms with Crippen molar-refractivity contribution in [2.24, 2.45) is 0 Å². The summed E-state index contributed by atoms with van der Waals surface area (Å²) in [6.07, 6.45) is 5.33. The molecule has 0 radical (unpaired) electrons. The van der Waals surface area contributed by atoms with Crippen LogP contribution in [0.2, 0.25) is 0 Å². The first kappa shape index (κ1) is 15.3. The van der Waals surface area contributed by atoms with Crippen LogP contribution in [0, 0.1) is 0 Å². The molecule has 0 amide bonds. The van der Waals surface area contributed by atoms with E-state index >= 15 is 0 Å². The molecule has 1 aromatic rings. The highest BCUT2D eigenvalue weighted by atomic mass is 16.5. The zero-order valence-corrected chi connectivity index (χ0v) is 13.0. The van der Waals surface area contributed by atoms with Crippen LogP contribution >= 0.6 is 0 Å². The number of hydrogen-bond acceptors (Lipinski definition) is 4. The maximum Gasteiger partial charge on any atom is 0.217 e. The van der Waals surface area contributed by atoms with Crippen LogP contribution in [0.5, 0.6) is 5.88 Å². The first-order chi connectivity index (χ1) is 9.73. The summed E-state index contributed by atoms with van der Waals surface area (Å²) >= 11 is 0. The highest BCUT2D eigenvalue weighted by Gasteiger charge is 2.30. The summed E-state index contributed by atoms with van der Waals surface area (Å²) in [4.78, 5) is 6.83. The van der Waals surface area contributed by atoms with Crippen LogP contribution in [0.3, 0.4) is 0 Å². The fourth-order valence-corrected chi connectivity index (χ4v) is 3.05. The molecule has 1 fully saturated rings. The molecule has 0 atom stereocenters. The van der Waals surface area contributed by atoms with E-state index in [4.69, 9.17) is 4.74 Å². The van der Waals surface area contributed by atoms with E-state index in [-0.39, 0.29) is 5.54 Å². The predicted octanol–water partition coefficient (Wildman–Crippen LogP) is 2.44. The van der Waals surface area contributed by atoms with Crippen molar-refractivity contribution in [3.63, 3.8) is 0 Å². The largest absolute Gasteiger partial charge is 0.481 e. The lowest BCUT2D eigenvalue weighted by Gasteiger charge is -2.35. The summed E-state index contributed by atoms with van der Waals surface area (Å²) in [5.41, 5.74) is 1.43. The van der Waals surface area contributed by atoms with E-state index in [0.29, 0.717) is 0 Å².